The smallest absolute Gasteiger partial charge is 0.338 e. The summed E-state index contributed by atoms with van der Waals surface area (Å²) in [6.07, 6.45) is 0. The number of Topliss-reactive ketones (excluding diaryl/α,β-unsaturated/α-hetero) is 1. The molecule has 0 bridgehead atoms. The Labute approximate surface area is 168 Å². The first kappa shape index (κ1) is 20.1. The lowest BCUT2D eigenvalue weighted by Crippen LogP contribution is -2.26. The number of esters is 1. The molecule has 2 aromatic carbocycles. The molecule has 1 N–H and O–H groups in total. The fraction of sp³-hybridized carbons (Fsp3) is 0.318. The summed E-state index contributed by atoms with van der Waals surface area (Å²) in [4.78, 5) is 37.3. The number of benzene rings is 2. The third-order valence-electron chi connectivity index (χ3n) is 4.98. The minimum Gasteiger partial charge on any atom is -0.457 e. The number of fused-ring (bicyclic) bond motifs is 1. The number of anilines is 1. The van der Waals surface area contributed by atoms with Gasteiger partial charge in [-0.1, -0.05) is 6.07 Å². The molecule has 5 nitrogen and oxygen atoms in total. The number of rotatable bonds is 4. The Morgan fingerprint density at radius 3 is 2.54 bits per heavy atom. The molecule has 0 saturated heterocycles. The predicted octanol–water partition coefficient (Wildman–Crippen LogP) is 4.60. The molecule has 1 heterocycles. The minimum atomic E-state index is -0.468. The molecule has 0 spiro atoms. The zero-order chi connectivity index (χ0) is 20.6. The van der Waals surface area contributed by atoms with Crippen molar-refractivity contribution in [3.63, 3.8) is 0 Å². The van der Waals surface area contributed by atoms with Crippen molar-refractivity contribution in [3.8, 4) is 0 Å². The van der Waals surface area contributed by atoms with E-state index >= 15 is 0 Å². The summed E-state index contributed by atoms with van der Waals surface area (Å²) in [5.74, 6) is -0.546. The molecule has 28 heavy (non-hydrogen) atoms. The fourth-order valence-electron chi connectivity index (χ4n) is 3.55. The van der Waals surface area contributed by atoms with Crippen LogP contribution in [0.2, 0.25) is 0 Å². The van der Waals surface area contributed by atoms with Crippen LogP contribution in [-0.4, -0.2) is 22.9 Å². The second-order valence-electron chi connectivity index (χ2n) is 7.08. The van der Waals surface area contributed by atoms with Gasteiger partial charge in [0.05, 0.1) is 16.5 Å². The van der Waals surface area contributed by atoms with Crippen LogP contribution in [0, 0.1) is 20.8 Å². The average Bonchev–Trinajstić information content (AvgIpc) is 2.61. The highest BCUT2D eigenvalue weighted by atomic mass is 32.2. The Bertz CT molecular complexity index is 997. The van der Waals surface area contributed by atoms with Crippen molar-refractivity contribution in [2.75, 3.05) is 5.32 Å². The third-order valence-corrected chi connectivity index (χ3v) is 6.15. The van der Waals surface area contributed by atoms with Gasteiger partial charge in [0.2, 0.25) is 5.91 Å². The average molecular weight is 397 g/mol. The second-order valence-corrected chi connectivity index (χ2v) is 8.46. The van der Waals surface area contributed by atoms with Crippen molar-refractivity contribution in [1.29, 1.82) is 0 Å². The van der Waals surface area contributed by atoms with Crippen molar-refractivity contribution in [2.45, 2.75) is 51.4 Å². The summed E-state index contributed by atoms with van der Waals surface area (Å²) in [5, 5.41) is 2.66. The number of hydrogen-bond acceptors (Lipinski definition) is 5. The molecule has 3 rings (SSSR count). The largest absolute Gasteiger partial charge is 0.457 e. The van der Waals surface area contributed by atoms with E-state index in [1.54, 1.807) is 19.1 Å². The van der Waals surface area contributed by atoms with Gasteiger partial charge < -0.3 is 10.1 Å². The van der Waals surface area contributed by atoms with Crippen molar-refractivity contribution in [3.05, 3.63) is 57.6 Å². The first-order chi connectivity index (χ1) is 13.2. The minimum absolute atomic E-state index is 0.000247. The highest BCUT2D eigenvalue weighted by Crippen LogP contribution is 2.36. The first-order valence-corrected chi connectivity index (χ1v) is 9.96. The Morgan fingerprint density at radius 2 is 1.86 bits per heavy atom. The maximum atomic E-state index is 12.5. The number of thioether (sulfide) groups is 1. The summed E-state index contributed by atoms with van der Waals surface area (Å²) >= 11 is 1.46. The maximum absolute atomic E-state index is 12.5. The van der Waals surface area contributed by atoms with Crippen LogP contribution in [0.5, 0.6) is 0 Å². The highest BCUT2D eigenvalue weighted by Gasteiger charge is 2.24. The van der Waals surface area contributed by atoms with Crippen LogP contribution in [0.15, 0.2) is 29.2 Å². The SMILES string of the molecule is CC(=O)c1c(C)cc(C)c(COC(=O)c2ccc3c(c2)NC(=O)C(C)S3)c1C. The number of carbonyl (C=O) groups is 3. The number of nitrogens with one attached hydrogen (secondary N) is 1. The summed E-state index contributed by atoms with van der Waals surface area (Å²) in [5.41, 5.74) is 5.29. The van der Waals surface area contributed by atoms with Gasteiger partial charge >= 0.3 is 5.97 Å². The molecule has 1 unspecified atom stereocenters. The van der Waals surface area contributed by atoms with Gasteiger partial charge in [-0.3, -0.25) is 9.59 Å². The van der Waals surface area contributed by atoms with Crippen LogP contribution in [-0.2, 0) is 16.1 Å². The van der Waals surface area contributed by atoms with Gasteiger partial charge in [-0.15, -0.1) is 11.8 Å². The van der Waals surface area contributed by atoms with Crippen molar-refractivity contribution in [2.24, 2.45) is 0 Å². The van der Waals surface area contributed by atoms with Crippen LogP contribution < -0.4 is 5.32 Å². The monoisotopic (exact) mass is 397 g/mol. The van der Waals surface area contributed by atoms with Crippen LogP contribution >= 0.6 is 11.8 Å². The van der Waals surface area contributed by atoms with Crippen LogP contribution in [0.4, 0.5) is 5.69 Å². The van der Waals surface area contributed by atoms with Crippen LogP contribution in [0.1, 0.15) is 56.8 Å². The Balaban J connectivity index is 1.80. The zero-order valence-electron chi connectivity index (χ0n) is 16.6. The molecule has 0 saturated carbocycles. The number of aryl methyl sites for hydroxylation is 2. The molecule has 1 amide bonds. The summed E-state index contributed by atoms with van der Waals surface area (Å²) < 4.78 is 5.52. The molecule has 146 valence electrons. The topological polar surface area (TPSA) is 72.5 Å². The Kier molecular flexibility index (Phi) is 5.61. The molecule has 2 aromatic rings. The second kappa shape index (κ2) is 7.80. The number of hydrogen-bond donors (Lipinski definition) is 1. The first-order valence-electron chi connectivity index (χ1n) is 9.08. The summed E-state index contributed by atoms with van der Waals surface area (Å²) in [6, 6.07) is 7.11. The number of carbonyl (C=O) groups excluding carboxylic acids is 3. The van der Waals surface area contributed by atoms with E-state index in [-0.39, 0.29) is 23.5 Å². The van der Waals surface area contributed by atoms with Gasteiger partial charge in [-0.05, 0) is 75.1 Å². The molecule has 6 heteroatoms. The number of amides is 1. The predicted molar refractivity (Wildman–Crippen MR) is 110 cm³/mol. The van der Waals surface area contributed by atoms with E-state index in [1.807, 2.05) is 39.8 Å². The number of ether oxygens (including phenoxy) is 1. The molecular formula is C22H23NO4S. The molecule has 0 radical (unpaired) electrons. The molecule has 1 aliphatic heterocycles. The third kappa shape index (κ3) is 3.83. The molecule has 1 atom stereocenters. The standard InChI is InChI=1S/C22H23NO4S/c1-11-8-12(2)20(14(4)24)13(3)17(11)10-27-22(26)16-6-7-19-18(9-16)23-21(25)15(5)28-19/h6-9,15H,10H2,1-5H3,(H,23,25). The summed E-state index contributed by atoms with van der Waals surface area (Å²) in [7, 11) is 0. The molecule has 0 aromatic heterocycles. The lowest BCUT2D eigenvalue weighted by molar-refractivity contribution is -0.115. The highest BCUT2D eigenvalue weighted by molar-refractivity contribution is 8.00. The van der Waals surface area contributed by atoms with Gasteiger partial charge in [0.15, 0.2) is 5.78 Å². The van der Waals surface area contributed by atoms with Gasteiger partial charge in [0.1, 0.15) is 6.61 Å². The normalized spacial score (nSPS) is 15.6. The van der Waals surface area contributed by atoms with Gasteiger partial charge in [-0.2, -0.15) is 0 Å². The fourth-order valence-corrected chi connectivity index (χ4v) is 4.48. The van der Waals surface area contributed by atoms with E-state index in [9.17, 15) is 14.4 Å². The molecular weight excluding hydrogens is 374 g/mol. The van der Waals surface area contributed by atoms with Crippen molar-refractivity contribution in [1.82, 2.24) is 0 Å². The van der Waals surface area contributed by atoms with Gasteiger partial charge in [0, 0.05) is 10.5 Å². The van der Waals surface area contributed by atoms with E-state index in [4.69, 9.17) is 4.74 Å². The van der Waals surface area contributed by atoms with Crippen molar-refractivity contribution >= 4 is 35.1 Å². The van der Waals surface area contributed by atoms with E-state index in [0.717, 1.165) is 27.1 Å². The molecule has 0 aliphatic carbocycles. The molecule has 1 aliphatic rings. The van der Waals surface area contributed by atoms with E-state index < -0.39 is 5.97 Å². The quantitative estimate of drug-likeness (QED) is 0.603. The maximum Gasteiger partial charge on any atom is 0.338 e. The zero-order valence-corrected chi connectivity index (χ0v) is 17.5. The van der Waals surface area contributed by atoms with E-state index in [1.165, 1.54) is 11.8 Å². The number of ketones is 1. The van der Waals surface area contributed by atoms with E-state index in [0.29, 0.717) is 16.8 Å². The molecule has 0 fully saturated rings. The summed E-state index contributed by atoms with van der Waals surface area (Å²) in [6.45, 7) is 9.21. The van der Waals surface area contributed by atoms with Gasteiger partial charge in [0.25, 0.3) is 0 Å². The van der Waals surface area contributed by atoms with Crippen LogP contribution in [0.25, 0.3) is 0 Å². The Morgan fingerprint density at radius 1 is 1.14 bits per heavy atom. The lowest BCUT2D eigenvalue weighted by Gasteiger charge is -2.21. The van der Waals surface area contributed by atoms with E-state index in [2.05, 4.69) is 5.32 Å². The van der Waals surface area contributed by atoms with Gasteiger partial charge in [-0.25, -0.2) is 4.79 Å². The van der Waals surface area contributed by atoms with Crippen molar-refractivity contribution < 1.29 is 19.1 Å². The van der Waals surface area contributed by atoms with Crippen LogP contribution in [0.3, 0.4) is 0 Å². The Hall–Kier alpha value is -2.60. The lowest BCUT2D eigenvalue weighted by atomic mass is 9.92.